The fourth-order valence-corrected chi connectivity index (χ4v) is 1.70. The van der Waals surface area contributed by atoms with E-state index in [2.05, 4.69) is 10.2 Å². The molecule has 0 bridgehead atoms. The predicted molar refractivity (Wildman–Crippen MR) is 70.7 cm³/mol. The Morgan fingerprint density at radius 2 is 1.55 bits per heavy atom. The molecule has 1 aliphatic rings. The smallest absolute Gasteiger partial charge is 0.328 e. The molecule has 0 aromatic heterocycles. The molecule has 0 aliphatic heterocycles. The topological polar surface area (TPSA) is 99.3 Å². The zero-order valence-corrected chi connectivity index (χ0v) is 10.4. The summed E-state index contributed by atoms with van der Waals surface area (Å²) in [6, 6.07) is 8.58. The van der Waals surface area contributed by atoms with Gasteiger partial charge in [0.2, 0.25) is 5.41 Å². The third kappa shape index (κ3) is 2.64. The van der Waals surface area contributed by atoms with E-state index in [4.69, 9.17) is 10.2 Å². The molecule has 0 heterocycles. The van der Waals surface area contributed by atoms with Crippen LogP contribution < -0.4 is 0 Å². The van der Waals surface area contributed by atoms with E-state index in [9.17, 15) is 9.59 Å². The van der Waals surface area contributed by atoms with Gasteiger partial charge in [-0.25, -0.2) is 0 Å². The molecule has 0 fully saturated rings. The lowest BCUT2D eigenvalue weighted by Crippen LogP contribution is -2.37. The van der Waals surface area contributed by atoms with Crippen molar-refractivity contribution < 1.29 is 19.8 Å². The first-order valence-corrected chi connectivity index (χ1v) is 5.86. The van der Waals surface area contributed by atoms with E-state index in [1.807, 2.05) is 18.2 Å². The number of nitrogens with zero attached hydrogens (tertiary/aromatic N) is 2. The van der Waals surface area contributed by atoms with Crippen molar-refractivity contribution in [1.82, 2.24) is 0 Å². The molecule has 0 atom stereocenters. The van der Waals surface area contributed by atoms with Gasteiger partial charge in [-0.05, 0) is 12.1 Å². The molecule has 1 aliphatic carbocycles. The lowest BCUT2D eigenvalue weighted by molar-refractivity contribution is -0.157. The Balaban J connectivity index is 2.14. The van der Waals surface area contributed by atoms with Gasteiger partial charge in [0.05, 0.1) is 5.69 Å². The number of hydrogen-bond donors (Lipinski definition) is 2. The van der Waals surface area contributed by atoms with Gasteiger partial charge in [0.1, 0.15) is 6.04 Å². The van der Waals surface area contributed by atoms with Crippen molar-refractivity contribution >= 4 is 17.6 Å². The quantitative estimate of drug-likeness (QED) is 0.499. The summed E-state index contributed by atoms with van der Waals surface area (Å²) >= 11 is 0. The molecule has 6 nitrogen and oxygen atoms in total. The minimum Gasteiger partial charge on any atom is -0.480 e. The molecule has 0 saturated carbocycles. The van der Waals surface area contributed by atoms with Gasteiger partial charge in [-0.1, -0.05) is 42.5 Å². The fourth-order valence-electron chi connectivity index (χ4n) is 1.70. The Morgan fingerprint density at radius 3 is 2.05 bits per heavy atom. The van der Waals surface area contributed by atoms with Crippen molar-refractivity contribution in [3.05, 3.63) is 54.6 Å². The van der Waals surface area contributed by atoms with Crippen LogP contribution in [0.2, 0.25) is 0 Å². The van der Waals surface area contributed by atoms with Crippen LogP contribution in [0.4, 0.5) is 5.69 Å². The highest BCUT2D eigenvalue weighted by atomic mass is 16.4. The second-order valence-electron chi connectivity index (χ2n) is 4.24. The van der Waals surface area contributed by atoms with Crippen LogP contribution in [0.15, 0.2) is 64.9 Å². The average molecular weight is 272 g/mol. The predicted octanol–water partition coefficient (Wildman–Crippen LogP) is 2.42. The maximum absolute atomic E-state index is 11.1. The monoisotopic (exact) mass is 272 g/mol. The van der Waals surface area contributed by atoms with E-state index in [-0.39, 0.29) is 0 Å². The van der Waals surface area contributed by atoms with Crippen LogP contribution in [0.25, 0.3) is 0 Å². The lowest BCUT2D eigenvalue weighted by Gasteiger charge is -2.20. The van der Waals surface area contributed by atoms with Crippen LogP contribution in [0, 0.1) is 5.41 Å². The molecule has 6 heteroatoms. The van der Waals surface area contributed by atoms with Crippen LogP contribution in [0.1, 0.15) is 0 Å². The Labute approximate surface area is 114 Å². The second kappa shape index (κ2) is 5.48. The van der Waals surface area contributed by atoms with Crippen molar-refractivity contribution in [2.24, 2.45) is 15.6 Å². The van der Waals surface area contributed by atoms with Crippen molar-refractivity contribution in [2.75, 3.05) is 0 Å². The van der Waals surface area contributed by atoms with Gasteiger partial charge in [-0.3, -0.25) is 9.59 Å². The lowest BCUT2D eigenvalue weighted by atomic mass is 9.83. The molecule has 1 aromatic carbocycles. The molecule has 1 aromatic rings. The molecular formula is C14H12N2O4. The van der Waals surface area contributed by atoms with Gasteiger partial charge in [0, 0.05) is 0 Å². The number of hydrogen-bond acceptors (Lipinski definition) is 4. The van der Waals surface area contributed by atoms with Gasteiger partial charge >= 0.3 is 11.9 Å². The molecular weight excluding hydrogens is 260 g/mol. The van der Waals surface area contributed by atoms with Crippen molar-refractivity contribution in [1.29, 1.82) is 0 Å². The summed E-state index contributed by atoms with van der Waals surface area (Å²) in [6.45, 7) is 0. The van der Waals surface area contributed by atoms with Crippen LogP contribution in [-0.4, -0.2) is 28.2 Å². The van der Waals surface area contributed by atoms with Crippen molar-refractivity contribution in [2.45, 2.75) is 6.04 Å². The van der Waals surface area contributed by atoms with Crippen LogP contribution in [0.5, 0.6) is 0 Å². The summed E-state index contributed by atoms with van der Waals surface area (Å²) in [4.78, 5) is 22.1. The molecule has 20 heavy (non-hydrogen) atoms. The molecule has 0 amide bonds. The summed E-state index contributed by atoms with van der Waals surface area (Å²) in [5.74, 6) is -2.87. The molecule has 0 saturated heterocycles. The first-order chi connectivity index (χ1) is 9.54. The molecule has 0 spiro atoms. The second-order valence-corrected chi connectivity index (χ2v) is 4.24. The van der Waals surface area contributed by atoms with Crippen LogP contribution in [-0.2, 0) is 9.59 Å². The summed E-state index contributed by atoms with van der Waals surface area (Å²) in [5, 5.41) is 26.0. The maximum atomic E-state index is 11.1. The van der Waals surface area contributed by atoms with E-state index in [0.717, 1.165) is 12.2 Å². The van der Waals surface area contributed by atoms with E-state index in [1.165, 1.54) is 12.2 Å². The van der Waals surface area contributed by atoms with E-state index < -0.39 is 23.4 Å². The fraction of sp³-hybridized carbons (Fsp3) is 0.143. The van der Waals surface area contributed by atoms with Gasteiger partial charge < -0.3 is 10.2 Å². The minimum absolute atomic E-state index is 0.470. The van der Waals surface area contributed by atoms with E-state index in [0.29, 0.717) is 5.69 Å². The summed E-state index contributed by atoms with van der Waals surface area (Å²) in [6.07, 6.45) is 5.06. The van der Waals surface area contributed by atoms with Crippen molar-refractivity contribution in [3.8, 4) is 0 Å². The highest BCUT2D eigenvalue weighted by Crippen LogP contribution is 2.27. The number of carbonyl (C=O) groups is 2. The zero-order valence-electron chi connectivity index (χ0n) is 10.4. The average Bonchev–Trinajstić information content (AvgIpc) is 2.46. The van der Waals surface area contributed by atoms with Gasteiger partial charge in [-0.15, -0.1) is 0 Å². The molecule has 2 rings (SSSR count). The number of carboxylic acid groups (broad SMARTS) is 2. The van der Waals surface area contributed by atoms with E-state index >= 15 is 0 Å². The SMILES string of the molecule is O=C(O)C1(C(=O)O)C=CC(N=Nc2ccccc2)C=C1. The van der Waals surface area contributed by atoms with Gasteiger partial charge in [0.25, 0.3) is 0 Å². The maximum Gasteiger partial charge on any atom is 0.328 e. The Morgan fingerprint density at radius 1 is 1.00 bits per heavy atom. The molecule has 102 valence electrons. The number of azo groups is 1. The summed E-state index contributed by atoms with van der Waals surface area (Å²) in [5.41, 5.74) is -1.35. The Kier molecular flexibility index (Phi) is 3.74. The molecule has 2 N–H and O–H groups in total. The normalized spacial score (nSPS) is 17.4. The number of rotatable bonds is 4. The number of carboxylic acids is 2. The highest BCUT2D eigenvalue weighted by Gasteiger charge is 2.43. The zero-order chi connectivity index (χ0) is 14.6. The van der Waals surface area contributed by atoms with E-state index in [1.54, 1.807) is 12.1 Å². The first kappa shape index (κ1) is 13.7. The summed E-state index contributed by atoms with van der Waals surface area (Å²) < 4.78 is 0. The van der Waals surface area contributed by atoms with Gasteiger partial charge in [0.15, 0.2) is 0 Å². The minimum atomic E-state index is -2.02. The summed E-state index contributed by atoms with van der Waals surface area (Å²) in [7, 11) is 0. The first-order valence-electron chi connectivity index (χ1n) is 5.86. The third-order valence-electron chi connectivity index (χ3n) is 2.88. The molecule has 0 unspecified atom stereocenters. The standard InChI is InChI=1S/C14H12N2O4/c17-12(18)14(13(19)20)8-6-11(7-9-14)16-15-10-4-2-1-3-5-10/h1-9,11H,(H,17,18)(H,19,20). The van der Waals surface area contributed by atoms with Crippen LogP contribution >= 0.6 is 0 Å². The Hall–Kier alpha value is -2.76. The number of benzene rings is 1. The third-order valence-corrected chi connectivity index (χ3v) is 2.88. The Bertz CT molecular complexity index is 575. The van der Waals surface area contributed by atoms with Gasteiger partial charge in [-0.2, -0.15) is 10.2 Å². The molecule has 0 radical (unpaired) electrons. The largest absolute Gasteiger partial charge is 0.480 e. The van der Waals surface area contributed by atoms with Crippen molar-refractivity contribution in [3.63, 3.8) is 0 Å². The highest BCUT2D eigenvalue weighted by molar-refractivity contribution is 6.03. The number of aliphatic carboxylic acids is 2. The van der Waals surface area contributed by atoms with Crippen LogP contribution in [0.3, 0.4) is 0 Å².